The van der Waals surface area contributed by atoms with Gasteiger partial charge in [-0.25, -0.2) is 0 Å². The van der Waals surface area contributed by atoms with Gasteiger partial charge in [-0.3, -0.25) is 4.68 Å². The summed E-state index contributed by atoms with van der Waals surface area (Å²) in [6.45, 7) is 13.0. The molecule has 4 nitrogen and oxygen atoms in total. The van der Waals surface area contributed by atoms with Crippen LogP contribution in [0.1, 0.15) is 51.8 Å². The van der Waals surface area contributed by atoms with E-state index in [4.69, 9.17) is 4.74 Å². The van der Waals surface area contributed by atoms with E-state index in [9.17, 15) is 0 Å². The van der Waals surface area contributed by atoms with Gasteiger partial charge in [0.2, 0.25) is 0 Å². The van der Waals surface area contributed by atoms with Gasteiger partial charge < -0.3 is 10.1 Å². The van der Waals surface area contributed by atoms with Gasteiger partial charge in [-0.05, 0) is 26.7 Å². The summed E-state index contributed by atoms with van der Waals surface area (Å²) in [6.07, 6.45) is 2.09. The average molecular weight is 253 g/mol. The third-order valence-electron chi connectivity index (χ3n) is 2.89. The van der Waals surface area contributed by atoms with E-state index in [1.807, 2.05) is 18.7 Å². The van der Waals surface area contributed by atoms with E-state index in [2.05, 4.69) is 44.3 Å². The highest BCUT2D eigenvalue weighted by Crippen LogP contribution is 2.17. The Hall–Kier alpha value is -0.870. The van der Waals surface area contributed by atoms with Gasteiger partial charge in [0.15, 0.2) is 0 Å². The van der Waals surface area contributed by atoms with E-state index in [1.165, 1.54) is 11.3 Å². The van der Waals surface area contributed by atoms with Gasteiger partial charge in [-0.1, -0.05) is 13.8 Å². The number of ether oxygens (including phenoxy) is 1. The fourth-order valence-electron chi connectivity index (χ4n) is 2.12. The number of nitrogens with zero attached hydrogens (tertiary/aromatic N) is 2. The van der Waals surface area contributed by atoms with Crippen LogP contribution in [0.4, 0.5) is 0 Å². The summed E-state index contributed by atoms with van der Waals surface area (Å²) in [7, 11) is 1.97. The van der Waals surface area contributed by atoms with Crippen molar-refractivity contribution < 1.29 is 4.74 Å². The number of rotatable bonds is 7. The molecule has 0 aliphatic heterocycles. The van der Waals surface area contributed by atoms with Crippen molar-refractivity contribution in [2.24, 2.45) is 7.05 Å². The Labute approximate surface area is 111 Å². The fraction of sp³-hybridized carbons (Fsp3) is 0.786. The summed E-state index contributed by atoms with van der Waals surface area (Å²) in [4.78, 5) is 0. The standard InChI is InChI=1S/C14H27N3O/c1-7-18-14(4,5)10-15-8-12-9-17(6)16-13(12)11(2)3/h9,11,15H,7-8,10H2,1-6H3. The van der Waals surface area contributed by atoms with Crippen molar-refractivity contribution >= 4 is 0 Å². The SMILES string of the molecule is CCOC(C)(C)CNCc1cn(C)nc1C(C)C. The molecule has 0 saturated heterocycles. The lowest BCUT2D eigenvalue weighted by Gasteiger charge is -2.25. The zero-order chi connectivity index (χ0) is 13.8. The Morgan fingerprint density at radius 3 is 2.67 bits per heavy atom. The van der Waals surface area contributed by atoms with Crippen molar-refractivity contribution in [2.75, 3.05) is 13.2 Å². The van der Waals surface area contributed by atoms with Gasteiger partial charge in [0, 0.05) is 38.5 Å². The van der Waals surface area contributed by atoms with Crippen molar-refractivity contribution in [3.8, 4) is 0 Å². The largest absolute Gasteiger partial charge is 0.375 e. The van der Waals surface area contributed by atoms with E-state index < -0.39 is 0 Å². The minimum absolute atomic E-state index is 0.116. The maximum absolute atomic E-state index is 5.67. The highest BCUT2D eigenvalue weighted by atomic mass is 16.5. The summed E-state index contributed by atoms with van der Waals surface area (Å²) in [5.74, 6) is 0.461. The predicted octanol–water partition coefficient (Wildman–Crippen LogP) is 2.45. The molecule has 0 saturated carbocycles. The predicted molar refractivity (Wildman–Crippen MR) is 74.7 cm³/mol. The zero-order valence-corrected chi connectivity index (χ0v) is 12.6. The Kier molecular flexibility index (Phi) is 5.35. The normalized spacial score (nSPS) is 12.4. The quantitative estimate of drug-likeness (QED) is 0.811. The first-order valence-corrected chi connectivity index (χ1v) is 6.73. The molecule has 0 aromatic carbocycles. The minimum atomic E-state index is -0.116. The van der Waals surface area contributed by atoms with Gasteiger partial charge >= 0.3 is 0 Å². The van der Waals surface area contributed by atoms with E-state index >= 15 is 0 Å². The first-order chi connectivity index (χ1) is 8.35. The van der Waals surface area contributed by atoms with Crippen molar-refractivity contribution in [3.05, 3.63) is 17.5 Å². The number of hydrogen-bond acceptors (Lipinski definition) is 3. The Bertz CT molecular complexity index is 369. The second kappa shape index (κ2) is 6.34. The maximum Gasteiger partial charge on any atom is 0.0750 e. The molecule has 18 heavy (non-hydrogen) atoms. The zero-order valence-electron chi connectivity index (χ0n) is 12.6. The molecular formula is C14H27N3O. The molecule has 0 unspecified atom stereocenters. The summed E-state index contributed by atoms with van der Waals surface area (Å²) in [5, 5.41) is 7.96. The monoisotopic (exact) mass is 253 g/mol. The molecule has 0 spiro atoms. The van der Waals surface area contributed by atoms with Gasteiger partial charge in [0.25, 0.3) is 0 Å². The Morgan fingerprint density at radius 1 is 1.44 bits per heavy atom. The third kappa shape index (κ3) is 4.42. The second-order valence-corrected chi connectivity index (χ2v) is 5.66. The molecule has 1 N–H and O–H groups in total. The van der Waals surface area contributed by atoms with E-state index in [-0.39, 0.29) is 5.60 Å². The Morgan fingerprint density at radius 2 is 2.11 bits per heavy atom. The molecular weight excluding hydrogens is 226 g/mol. The van der Waals surface area contributed by atoms with Crippen LogP contribution in [0, 0.1) is 0 Å². The summed E-state index contributed by atoms with van der Waals surface area (Å²) in [6, 6.07) is 0. The van der Waals surface area contributed by atoms with E-state index in [0.717, 1.165) is 19.7 Å². The van der Waals surface area contributed by atoms with Gasteiger partial charge in [0.1, 0.15) is 0 Å². The Balaban J connectivity index is 2.53. The molecule has 1 aromatic rings. The summed E-state index contributed by atoms with van der Waals surface area (Å²) in [5.41, 5.74) is 2.34. The van der Waals surface area contributed by atoms with Crippen molar-refractivity contribution in [1.82, 2.24) is 15.1 Å². The van der Waals surface area contributed by atoms with Gasteiger partial charge in [-0.15, -0.1) is 0 Å². The molecule has 1 aromatic heterocycles. The second-order valence-electron chi connectivity index (χ2n) is 5.66. The van der Waals surface area contributed by atoms with Gasteiger partial charge in [0.05, 0.1) is 11.3 Å². The molecule has 4 heteroatoms. The van der Waals surface area contributed by atoms with Crippen LogP contribution >= 0.6 is 0 Å². The lowest BCUT2D eigenvalue weighted by molar-refractivity contribution is -0.00898. The first-order valence-electron chi connectivity index (χ1n) is 6.73. The number of hydrogen-bond donors (Lipinski definition) is 1. The van der Waals surface area contributed by atoms with E-state index in [0.29, 0.717) is 5.92 Å². The van der Waals surface area contributed by atoms with Crippen LogP contribution in [0.25, 0.3) is 0 Å². The van der Waals surface area contributed by atoms with E-state index in [1.54, 1.807) is 0 Å². The molecule has 0 bridgehead atoms. The molecule has 0 aliphatic rings. The summed E-state index contributed by atoms with van der Waals surface area (Å²) >= 11 is 0. The van der Waals surface area contributed by atoms with Crippen LogP contribution in [0.3, 0.4) is 0 Å². The first kappa shape index (κ1) is 15.2. The molecule has 1 rings (SSSR count). The van der Waals surface area contributed by atoms with Crippen LogP contribution in [0.15, 0.2) is 6.20 Å². The molecule has 0 radical (unpaired) electrons. The molecule has 104 valence electrons. The smallest absolute Gasteiger partial charge is 0.0750 e. The highest BCUT2D eigenvalue weighted by Gasteiger charge is 2.17. The lowest BCUT2D eigenvalue weighted by Crippen LogP contribution is -2.37. The number of aromatic nitrogens is 2. The van der Waals surface area contributed by atoms with Crippen molar-refractivity contribution in [3.63, 3.8) is 0 Å². The molecule has 0 fully saturated rings. The summed E-state index contributed by atoms with van der Waals surface area (Å²) < 4.78 is 7.56. The maximum atomic E-state index is 5.67. The third-order valence-corrected chi connectivity index (χ3v) is 2.89. The average Bonchev–Trinajstić information content (AvgIpc) is 2.59. The molecule has 0 aliphatic carbocycles. The van der Waals surface area contributed by atoms with Crippen LogP contribution in [-0.2, 0) is 18.3 Å². The van der Waals surface area contributed by atoms with Crippen LogP contribution in [0.5, 0.6) is 0 Å². The van der Waals surface area contributed by atoms with Crippen molar-refractivity contribution in [1.29, 1.82) is 0 Å². The fourth-order valence-corrected chi connectivity index (χ4v) is 2.12. The highest BCUT2D eigenvalue weighted by molar-refractivity contribution is 5.19. The number of nitrogens with one attached hydrogen (secondary N) is 1. The van der Waals surface area contributed by atoms with Crippen LogP contribution in [0.2, 0.25) is 0 Å². The number of aryl methyl sites for hydroxylation is 1. The molecule has 0 amide bonds. The minimum Gasteiger partial charge on any atom is -0.375 e. The van der Waals surface area contributed by atoms with Crippen molar-refractivity contribution in [2.45, 2.75) is 52.7 Å². The lowest BCUT2D eigenvalue weighted by atomic mass is 10.1. The molecule has 0 atom stereocenters. The van der Waals surface area contributed by atoms with Crippen LogP contribution < -0.4 is 5.32 Å². The van der Waals surface area contributed by atoms with Crippen LogP contribution in [-0.4, -0.2) is 28.5 Å². The topological polar surface area (TPSA) is 39.1 Å². The van der Waals surface area contributed by atoms with Gasteiger partial charge in [-0.2, -0.15) is 5.10 Å². The molecule has 1 heterocycles.